The maximum atomic E-state index is 13.3. The summed E-state index contributed by atoms with van der Waals surface area (Å²) >= 11 is 0. The molecule has 108 valence electrons. The van der Waals surface area contributed by atoms with Crippen LogP contribution in [0.4, 0.5) is 15.8 Å². The van der Waals surface area contributed by atoms with Crippen molar-refractivity contribution in [1.29, 1.82) is 0 Å². The van der Waals surface area contributed by atoms with Crippen molar-refractivity contribution >= 4 is 17.3 Å². The van der Waals surface area contributed by atoms with Gasteiger partial charge in [-0.05, 0) is 6.07 Å². The minimum Gasteiger partial charge on any atom is -0.393 e. The Morgan fingerprint density at radius 2 is 1.95 bits per heavy atom. The largest absolute Gasteiger partial charge is 0.393 e. The first-order valence-electron chi connectivity index (χ1n) is 5.70. The number of β-amino-alcohol motifs (C(OH)–C–C–N with tert-alkyl or cyclic N) is 2. The van der Waals surface area contributed by atoms with Gasteiger partial charge in [0.2, 0.25) is 0 Å². The molecule has 1 aliphatic rings. The molecule has 0 aliphatic carbocycles. The molecule has 1 saturated heterocycles. The van der Waals surface area contributed by atoms with E-state index in [0.717, 1.165) is 11.0 Å². The molecule has 9 heteroatoms. The molecule has 2 unspecified atom stereocenters. The minimum absolute atomic E-state index is 0.149. The second-order valence-corrected chi connectivity index (χ2v) is 4.49. The molecule has 0 spiro atoms. The fourth-order valence-electron chi connectivity index (χ4n) is 2.04. The number of halogens is 1. The predicted octanol–water partition coefficient (Wildman–Crippen LogP) is -0.506. The molecule has 1 heterocycles. The van der Waals surface area contributed by atoms with Crippen LogP contribution in [0.5, 0.6) is 0 Å². The summed E-state index contributed by atoms with van der Waals surface area (Å²) in [5.74, 6) is -1.74. The molecule has 4 N–H and O–H groups in total. The summed E-state index contributed by atoms with van der Waals surface area (Å²) < 4.78 is 13.3. The molecule has 0 bridgehead atoms. The van der Waals surface area contributed by atoms with Gasteiger partial charge in [0.1, 0.15) is 11.5 Å². The summed E-state index contributed by atoms with van der Waals surface area (Å²) in [6.45, 7) is -0.298. The molecule has 2 rings (SSSR count). The van der Waals surface area contributed by atoms with Crippen molar-refractivity contribution in [2.45, 2.75) is 12.2 Å². The van der Waals surface area contributed by atoms with Crippen molar-refractivity contribution in [2.24, 2.45) is 0 Å². The predicted molar refractivity (Wildman–Crippen MR) is 65.4 cm³/mol. The highest BCUT2D eigenvalue weighted by atomic mass is 19.1. The van der Waals surface area contributed by atoms with Crippen LogP contribution in [0.15, 0.2) is 12.1 Å². The zero-order chi connectivity index (χ0) is 15.0. The van der Waals surface area contributed by atoms with E-state index in [2.05, 4.69) is 0 Å². The van der Waals surface area contributed by atoms with Gasteiger partial charge in [0.15, 0.2) is 0 Å². The van der Waals surface area contributed by atoms with Crippen LogP contribution in [0, 0.1) is 15.9 Å². The lowest BCUT2D eigenvalue weighted by Crippen LogP contribution is -2.30. The van der Waals surface area contributed by atoms with Crippen LogP contribution >= 0.6 is 0 Å². The molecule has 0 radical (unpaired) electrons. The summed E-state index contributed by atoms with van der Waals surface area (Å²) in [5.41, 5.74) is 4.00. The first-order chi connectivity index (χ1) is 9.31. The second-order valence-electron chi connectivity index (χ2n) is 4.49. The first kappa shape index (κ1) is 14.2. The Bertz CT molecular complexity index is 569. The number of nitrogens with two attached hydrogens (primary N) is 1. The van der Waals surface area contributed by atoms with Gasteiger partial charge in [-0.25, -0.2) is 4.39 Å². The molecule has 8 nitrogen and oxygen atoms in total. The Morgan fingerprint density at radius 3 is 2.45 bits per heavy atom. The Hall–Kier alpha value is -2.26. The van der Waals surface area contributed by atoms with E-state index in [4.69, 9.17) is 5.73 Å². The Balaban J connectivity index is 2.38. The van der Waals surface area contributed by atoms with E-state index < -0.39 is 40.2 Å². The van der Waals surface area contributed by atoms with E-state index in [1.165, 1.54) is 0 Å². The van der Waals surface area contributed by atoms with Crippen LogP contribution in [0.3, 0.4) is 0 Å². The number of aliphatic hydroxyl groups is 2. The van der Waals surface area contributed by atoms with Gasteiger partial charge < -0.3 is 20.8 Å². The third kappa shape index (κ3) is 2.40. The Morgan fingerprint density at radius 1 is 1.40 bits per heavy atom. The number of likely N-dealkylation sites (tertiary alicyclic amines) is 1. The molecule has 2 atom stereocenters. The number of carbonyl (C=O) groups excluding carboxylic acids is 1. The van der Waals surface area contributed by atoms with Gasteiger partial charge in [-0.3, -0.25) is 14.9 Å². The number of nitro groups is 1. The summed E-state index contributed by atoms with van der Waals surface area (Å²) in [6, 6.07) is 1.42. The molecule has 1 aromatic carbocycles. The van der Waals surface area contributed by atoms with E-state index in [9.17, 15) is 29.5 Å². The van der Waals surface area contributed by atoms with Gasteiger partial charge >= 0.3 is 0 Å². The number of benzene rings is 1. The SMILES string of the molecule is Nc1c(C(=O)N2CC(O)C(O)C2)cc(F)cc1[N+](=O)[O-]. The van der Waals surface area contributed by atoms with Gasteiger partial charge in [-0.1, -0.05) is 0 Å². The van der Waals surface area contributed by atoms with Crippen molar-refractivity contribution in [3.8, 4) is 0 Å². The summed E-state index contributed by atoms with van der Waals surface area (Å²) in [5, 5.41) is 29.5. The van der Waals surface area contributed by atoms with Gasteiger partial charge in [-0.2, -0.15) is 0 Å². The zero-order valence-electron chi connectivity index (χ0n) is 10.2. The first-order valence-corrected chi connectivity index (χ1v) is 5.70. The van der Waals surface area contributed by atoms with Crippen molar-refractivity contribution in [3.63, 3.8) is 0 Å². The molecule has 1 aromatic rings. The van der Waals surface area contributed by atoms with Crippen molar-refractivity contribution in [3.05, 3.63) is 33.6 Å². The Labute approximate surface area is 112 Å². The summed E-state index contributed by atoms with van der Waals surface area (Å²) in [7, 11) is 0. The van der Waals surface area contributed by atoms with Gasteiger partial charge in [0.05, 0.1) is 28.8 Å². The topological polar surface area (TPSA) is 130 Å². The highest BCUT2D eigenvalue weighted by molar-refractivity contribution is 6.01. The number of amides is 1. The number of anilines is 1. The Kier molecular flexibility index (Phi) is 3.55. The fourth-order valence-corrected chi connectivity index (χ4v) is 2.04. The maximum absolute atomic E-state index is 13.3. The summed E-state index contributed by atoms with van der Waals surface area (Å²) in [4.78, 5) is 23.0. The number of carbonyl (C=O) groups is 1. The van der Waals surface area contributed by atoms with E-state index in [-0.39, 0.29) is 18.7 Å². The normalized spacial score (nSPS) is 22.1. The number of nitro benzene ring substituents is 1. The number of hydrogen-bond donors (Lipinski definition) is 3. The molecular formula is C11H12FN3O5. The number of rotatable bonds is 2. The molecule has 1 aliphatic heterocycles. The third-order valence-corrected chi connectivity index (χ3v) is 3.10. The lowest BCUT2D eigenvalue weighted by Gasteiger charge is -2.16. The molecular weight excluding hydrogens is 273 g/mol. The van der Waals surface area contributed by atoms with Crippen molar-refractivity contribution in [1.82, 2.24) is 4.90 Å². The smallest absolute Gasteiger partial charge is 0.295 e. The number of hydrogen-bond acceptors (Lipinski definition) is 6. The highest BCUT2D eigenvalue weighted by Crippen LogP contribution is 2.28. The van der Waals surface area contributed by atoms with Crippen LogP contribution in [0.2, 0.25) is 0 Å². The molecule has 20 heavy (non-hydrogen) atoms. The van der Waals surface area contributed by atoms with Gasteiger partial charge in [0.25, 0.3) is 11.6 Å². The average molecular weight is 285 g/mol. The van der Waals surface area contributed by atoms with Crippen molar-refractivity contribution < 1.29 is 24.3 Å². The van der Waals surface area contributed by atoms with Gasteiger partial charge in [0, 0.05) is 13.1 Å². The quantitative estimate of drug-likeness (QED) is 0.381. The monoisotopic (exact) mass is 285 g/mol. The number of aliphatic hydroxyl groups excluding tert-OH is 2. The lowest BCUT2D eigenvalue weighted by molar-refractivity contribution is -0.384. The molecule has 1 amide bonds. The average Bonchev–Trinajstić information content (AvgIpc) is 2.71. The van der Waals surface area contributed by atoms with Crippen LogP contribution in [0.1, 0.15) is 10.4 Å². The number of nitrogens with zero attached hydrogens (tertiary/aromatic N) is 2. The molecule has 0 aromatic heterocycles. The fraction of sp³-hybridized carbons (Fsp3) is 0.364. The minimum atomic E-state index is -1.11. The molecule has 1 fully saturated rings. The van der Waals surface area contributed by atoms with E-state index in [1.54, 1.807) is 0 Å². The van der Waals surface area contributed by atoms with Crippen LogP contribution in [-0.2, 0) is 0 Å². The standard InChI is InChI=1S/C11H12FN3O5/c12-5-1-6(10(13)7(2-5)15(19)20)11(18)14-3-8(16)9(17)4-14/h1-2,8-9,16-17H,3-4,13H2. The number of nitrogen functional groups attached to an aromatic ring is 1. The lowest BCUT2D eigenvalue weighted by atomic mass is 10.1. The second kappa shape index (κ2) is 5.02. The molecule has 0 saturated carbocycles. The maximum Gasteiger partial charge on any atom is 0.295 e. The van der Waals surface area contributed by atoms with E-state index >= 15 is 0 Å². The van der Waals surface area contributed by atoms with Crippen LogP contribution < -0.4 is 5.73 Å². The third-order valence-electron chi connectivity index (χ3n) is 3.10. The van der Waals surface area contributed by atoms with Gasteiger partial charge in [-0.15, -0.1) is 0 Å². The highest BCUT2D eigenvalue weighted by Gasteiger charge is 2.34. The van der Waals surface area contributed by atoms with E-state index in [0.29, 0.717) is 6.07 Å². The zero-order valence-corrected chi connectivity index (χ0v) is 10.2. The van der Waals surface area contributed by atoms with Crippen LogP contribution in [0.25, 0.3) is 0 Å². The van der Waals surface area contributed by atoms with Crippen molar-refractivity contribution in [2.75, 3.05) is 18.8 Å². The van der Waals surface area contributed by atoms with E-state index in [1.807, 2.05) is 0 Å². The van der Waals surface area contributed by atoms with Crippen LogP contribution in [-0.4, -0.2) is 51.2 Å². The summed E-state index contributed by atoms with van der Waals surface area (Å²) in [6.07, 6.45) is -2.22.